The fourth-order valence-corrected chi connectivity index (χ4v) is 7.24. The molecule has 0 spiro atoms. The van der Waals surface area contributed by atoms with E-state index in [-0.39, 0.29) is 22.5 Å². The highest BCUT2D eigenvalue weighted by Gasteiger charge is 2.38. The predicted molar refractivity (Wildman–Crippen MR) is 188 cm³/mol. The first kappa shape index (κ1) is 32.1. The molecule has 0 saturated carbocycles. The summed E-state index contributed by atoms with van der Waals surface area (Å²) >= 11 is 0. The van der Waals surface area contributed by atoms with E-state index >= 15 is 0 Å². The second-order valence-electron chi connectivity index (χ2n) is 12.3. The van der Waals surface area contributed by atoms with Crippen molar-refractivity contribution in [1.82, 2.24) is 4.90 Å². The van der Waals surface area contributed by atoms with Gasteiger partial charge in [0.1, 0.15) is 5.75 Å². The first-order valence-electron chi connectivity index (χ1n) is 16.0. The standard InChI is InChI=1S/C40H40N2O4S/c1-30(2)46-38-24-23-36(47(3,44)45)29-37(38)39(43)42-27-25-41(26-28-42)35-21-19-34(20-22-35)40(31-13-7-4-8-14-31,32-15-9-5-10-16-32)33-17-11-6-12-18-33/h4-24,29-30H,25-28H2,1-3H3. The molecule has 0 radical (unpaired) electrons. The lowest BCUT2D eigenvalue weighted by atomic mass is 9.65. The lowest BCUT2D eigenvalue weighted by Gasteiger charge is -2.38. The molecule has 1 fully saturated rings. The molecule has 1 saturated heterocycles. The van der Waals surface area contributed by atoms with Gasteiger partial charge in [0, 0.05) is 38.1 Å². The van der Waals surface area contributed by atoms with Gasteiger partial charge in [0.2, 0.25) is 0 Å². The number of carbonyl (C=O) groups is 1. The Morgan fingerprint density at radius 2 is 1.13 bits per heavy atom. The Bertz CT molecular complexity index is 1820. The SMILES string of the molecule is CC(C)Oc1ccc(S(C)(=O)=O)cc1C(=O)N1CCN(c2ccc(C(c3ccccc3)(c3ccccc3)c3ccccc3)cc2)CC1. The highest BCUT2D eigenvalue weighted by atomic mass is 32.2. The zero-order chi connectivity index (χ0) is 33.0. The van der Waals surface area contributed by atoms with Crippen LogP contribution in [0, 0.1) is 0 Å². The number of sulfone groups is 1. The lowest BCUT2D eigenvalue weighted by Crippen LogP contribution is -2.49. The van der Waals surface area contributed by atoms with Gasteiger partial charge in [-0.05, 0) is 66.4 Å². The Labute approximate surface area is 278 Å². The predicted octanol–water partition coefficient (Wildman–Crippen LogP) is 7.22. The Balaban J connectivity index is 1.28. The molecule has 1 heterocycles. The number of hydrogen-bond acceptors (Lipinski definition) is 5. The molecule has 0 bridgehead atoms. The fraction of sp³-hybridized carbons (Fsp3) is 0.225. The first-order valence-corrected chi connectivity index (χ1v) is 17.9. The minimum Gasteiger partial charge on any atom is -0.490 e. The van der Waals surface area contributed by atoms with E-state index in [4.69, 9.17) is 4.74 Å². The molecule has 6 rings (SSSR count). The van der Waals surface area contributed by atoms with E-state index in [0.29, 0.717) is 31.9 Å². The summed E-state index contributed by atoms with van der Waals surface area (Å²) in [7, 11) is -3.48. The molecule has 5 aromatic carbocycles. The van der Waals surface area contributed by atoms with Crippen LogP contribution in [-0.2, 0) is 15.3 Å². The van der Waals surface area contributed by atoms with E-state index in [9.17, 15) is 13.2 Å². The molecule has 47 heavy (non-hydrogen) atoms. The van der Waals surface area contributed by atoms with Crippen LogP contribution in [-0.4, -0.2) is 57.8 Å². The summed E-state index contributed by atoms with van der Waals surface area (Å²) in [6.07, 6.45) is 0.989. The fourth-order valence-electron chi connectivity index (χ4n) is 6.59. The summed E-state index contributed by atoms with van der Waals surface area (Å²) in [6, 6.07) is 45.3. The number of hydrogen-bond donors (Lipinski definition) is 0. The molecular weight excluding hydrogens is 605 g/mol. The number of benzene rings is 5. The number of piperazine rings is 1. The second-order valence-corrected chi connectivity index (χ2v) is 14.3. The van der Waals surface area contributed by atoms with Crippen molar-refractivity contribution >= 4 is 21.4 Å². The van der Waals surface area contributed by atoms with E-state index in [1.54, 1.807) is 11.0 Å². The molecule has 1 amide bonds. The van der Waals surface area contributed by atoms with Crippen LogP contribution < -0.4 is 9.64 Å². The maximum atomic E-state index is 13.7. The van der Waals surface area contributed by atoms with Crippen molar-refractivity contribution in [3.05, 3.63) is 161 Å². The Kier molecular flexibility index (Phi) is 9.19. The molecule has 0 unspecified atom stereocenters. The number of carbonyl (C=O) groups excluding carboxylic acids is 1. The van der Waals surface area contributed by atoms with Crippen molar-refractivity contribution in [3.8, 4) is 5.75 Å². The Morgan fingerprint density at radius 1 is 0.660 bits per heavy atom. The molecular formula is C40H40N2O4S. The van der Waals surface area contributed by atoms with Gasteiger partial charge in [-0.2, -0.15) is 0 Å². The summed E-state index contributed by atoms with van der Waals surface area (Å²) in [5.41, 5.74) is 5.60. The summed E-state index contributed by atoms with van der Waals surface area (Å²) in [4.78, 5) is 17.9. The zero-order valence-corrected chi connectivity index (χ0v) is 27.9. The van der Waals surface area contributed by atoms with Crippen molar-refractivity contribution in [1.29, 1.82) is 0 Å². The third-order valence-corrected chi connectivity index (χ3v) is 9.94. The smallest absolute Gasteiger partial charge is 0.257 e. The van der Waals surface area contributed by atoms with Crippen LogP contribution in [0.25, 0.3) is 0 Å². The molecule has 6 nitrogen and oxygen atoms in total. The first-order chi connectivity index (χ1) is 22.7. The quantitative estimate of drug-likeness (QED) is 0.159. The second kappa shape index (κ2) is 13.5. The molecule has 0 aliphatic carbocycles. The number of nitrogens with zero attached hydrogens (tertiary/aromatic N) is 2. The normalized spacial score (nSPS) is 13.9. The van der Waals surface area contributed by atoms with Crippen molar-refractivity contribution in [2.75, 3.05) is 37.3 Å². The average molecular weight is 645 g/mol. The van der Waals surface area contributed by atoms with Gasteiger partial charge in [-0.1, -0.05) is 103 Å². The van der Waals surface area contributed by atoms with Gasteiger partial charge in [-0.3, -0.25) is 4.79 Å². The van der Waals surface area contributed by atoms with Gasteiger partial charge in [0.25, 0.3) is 5.91 Å². The molecule has 0 aromatic heterocycles. The third-order valence-electron chi connectivity index (χ3n) is 8.83. The molecule has 0 N–H and O–H groups in total. The highest BCUT2D eigenvalue weighted by Crippen LogP contribution is 2.45. The highest BCUT2D eigenvalue weighted by molar-refractivity contribution is 7.90. The molecule has 7 heteroatoms. The van der Waals surface area contributed by atoms with Gasteiger partial charge in [-0.15, -0.1) is 0 Å². The van der Waals surface area contributed by atoms with Crippen LogP contribution in [0.15, 0.2) is 138 Å². The largest absolute Gasteiger partial charge is 0.490 e. The molecule has 1 aliphatic heterocycles. The monoisotopic (exact) mass is 644 g/mol. The van der Waals surface area contributed by atoms with E-state index < -0.39 is 15.3 Å². The van der Waals surface area contributed by atoms with E-state index in [0.717, 1.165) is 11.9 Å². The van der Waals surface area contributed by atoms with Gasteiger partial charge in [0.05, 0.1) is 22.0 Å². The number of rotatable bonds is 9. The van der Waals surface area contributed by atoms with Crippen LogP contribution in [0.4, 0.5) is 5.69 Å². The minimum absolute atomic E-state index is 0.105. The summed E-state index contributed by atoms with van der Waals surface area (Å²) in [5, 5.41) is 0. The summed E-state index contributed by atoms with van der Waals surface area (Å²) in [6.45, 7) is 6.08. The van der Waals surface area contributed by atoms with E-state index in [1.807, 2.05) is 13.8 Å². The number of anilines is 1. The molecule has 240 valence electrons. The van der Waals surface area contributed by atoms with Crippen molar-refractivity contribution in [3.63, 3.8) is 0 Å². The Morgan fingerprint density at radius 3 is 1.57 bits per heavy atom. The lowest BCUT2D eigenvalue weighted by molar-refractivity contribution is 0.0740. The Hall–Kier alpha value is -4.88. The summed E-state index contributed by atoms with van der Waals surface area (Å²) < 4.78 is 30.4. The molecule has 5 aromatic rings. The van der Waals surface area contributed by atoms with Crippen molar-refractivity contribution < 1.29 is 17.9 Å². The maximum Gasteiger partial charge on any atom is 0.257 e. The van der Waals surface area contributed by atoms with Crippen LogP contribution in [0.2, 0.25) is 0 Å². The summed E-state index contributed by atoms with van der Waals surface area (Å²) in [5.74, 6) is 0.175. The van der Waals surface area contributed by atoms with Crippen molar-refractivity contribution in [2.24, 2.45) is 0 Å². The molecule has 1 aliphatic rings. The van der Waals surface area contributed by atoms with Crippen LogP contribution in [0.1, 0.15) is 46.5 Å². The minimum atomic E-state index is -3.48. The molecule has 0 atom stereocenters. The van der Waals surface area contributed by atoms with E-state index in [1.165, 1.54) is 34.4 Å². The average Bonchev–Trinajstić information content (AvgIpc) is 3.10. The topological polar surface area (TPSA) is 66.9 Å². The van der Waals surface area contributed by atoms with Crippen LogP contribution >= 0.6 is 0 Å². The van der Waals surface area contributed by atoms with Gasteiger partial charge >= 0.3 is 0 Å². The van der Waals surface area contributed by atoms with Gasteiger partial charge < -0.3 is 14.5 Å². The maximum absolute atomic E-state index is 13.7. The van der Waals surface area contributed by atoms with Gasteiger partial charge in [0.15, 0.2) is 9.84 Å². The van der Waals surface area contributed by atoms with Gasteiger partial charge in [-0.25, -0.2) is 8.42 Å². The third kappa shape index (κ3) is 6.54. The van der Waals surface area contributed by atoms with Crippen LogP contribution in [0.5, 0.6) is 5.75 Å². The van der Waals surface area contributed by atoms with Crippen molar-refractivity contribution in [2.45, 2.75) is 30.3 Å². The number of amides is 1. The zero-order valence-electron chi connectivity index (χ0n) is 27.0. The van der Waals surface area contributed by atoms with E-state index in [2.05, 4.69) is 120 Å². The number of ether oxygens (including phenoxy) is 1. The van der Waals surface area contributed by atoms with Crippen LogP contribution in [0.3, 0.4) is 0 Å².